The Labute approximate surface area is 88.4 Å². The van der Waals surface area contributed by atoms with Crippen molar-refractivity contribution in [1.29, 1.82) is 0 Å². The van der Waals surface area contributed by atoms with E-state index in [0.717, 1.165) is 12.5 Å². The lowest BCUT2D eigenvalue weighted by Gasteiger charge is -2.35. The van der Waals surface area contributed by atoms with Crippen LogP contribution in [0.4, 0.5) is 0 Å². The largest absolute Gasteiger partial charge is 0.381 e. The van der Waals surface area contributed by atoms with Crippen LogP contribution in [0.2, 0.25) is 0 Å². The molecule has 1 aliphatic rings. The Kier molecular flexibility index (Phi) is 5.49. The van der Waals surface area contributed by atoms with Crippen LogP contribution in [-0.4, -0.2) is 25.8 Å². The van der Waals surface area contributed by atoms with Gasteiger partial charge in [-0.25, -0.2) is 0 Å². The molecule has 1 fully saturated rings. The van der Waals surface area contributed by atoms with E-state index < -0.39 is 0 Å². The highest BCUT2D eigenvalue weighted by Crippen LogP contribution is 2.28. The Morgan fingerprint density at radius 2 is 2.07 bits per heavy atom. The van der Waals surface area contributed by atoms with Gasteiger partial charge >= 0.3 is 0 Å². The first kappa shape index (κ1) is 12.0. The SMILES string of the molecule is CCCNC(C)C1CCCCC1OC. The molecule has 0 aromatic carbocycles. The Hall–Kier alpha value is -0.0800. The van der Waals surface area contributed by atoms with E-state index in [1.807, 2.05) is 7.11 Å². The van der Waals surface area contributed by atoms with Gasteiger partial charge in [0.15, 0.2) is 0 Å². The molecule has 14 heavy (non-hydrogen) atoms. The molecule has 0 amide bonds. The molecule has 0 aromatic heterocycles. The molecule has 2 heteroatoms. The van der Waals surface area contributed by atoms with Crippen molar-refractivity contribution in [3.63, 3.8) is 0 Å². The maximum atomic E-state index is 5.56. The summed E-state index contributed by atoms with van der Waals surface area (Å²) < 4.78 is 5.56. The summed E-state index contributed by atoms with van der Waals surface area (Å²) in [5.74, 6) is 0.722. The van der Waals surface area contributed by atoms with Gasteiger partial charge in [0.05, 0.1) is 6.10 Å². The molecule has 1 rings (SSSR count). The molecule has 0 radical (unpaired) electrons. The summed E-state index contributed by atoms with van der Waals surface area (Å²) in [5, 5.41) is 3.59. The number of hydrogen-bond acceptors (Lipinski definition) is 2. The Bertz CT molecular complexity index is 149. The van der Waals surface area contributed by atoms with E-state index in [1.165, 1.54) is 32.1 Å². The summed E-state index contributed by atoms with van der Waals surface area (Å²) in [6, 6.07) is 0.611. The highest BCUT2D eigenvalue weighted by Gasteiger charge is 2.28. The van der Waals surface area contributed by atoms with Crippen LogP contribution in [0.3, 0.4) is 0 Å². The van der Waals surface area contributed by atoms with Gasteiger partial charge in [0.25, 0.3) is 0 Å². The molecule has 1 N–H and O–H groups in total. The van der Waals surface area contributed by atoms with Gasteiger partial charge in [0.1, 0.15) is 0 Å². The first-order valence-corrected chi connectivity index (χ1v) is 6.05. The van der Waals surface area contributed by atoms with Crippen LogP contribution in [0, 0.1) is 5.92 Å². The third-order valence-corrected chi connectivity index (χ3v) is 3.41. The fourth-order valence-corrected chi connectivity index (χ4v) is 2.51. The number of nitrogens with one attached hydrogen (secondary N) is 1. The first-order valence-electron chi connectivity index (χ1n) is 6.05. The molecule has 3 atom stereocenters. The zero-order valence-electron chi connectivity index (χ0n) is 9.88. The smallest absolute Gasteiger partial charge is 0.0614 e. The lowest BCUT2D eigenvalue weighted by atomic mass is 9.82. The molecular formula is C12H25NO. The average molecular weight is 199 g/mol. The van der Waals surface area contributed by atoms with Gasteiger partial charge in [-0.3, -0.25) is 0 Å². The summed E-state index contributed by atoms with van der Waals surface area (Å²) >= 11 is 0. The van der Waals surface area contributed by atoms with Crippen molar-refractivity contribution in [2.45, 2.75) is 58.1 Å². The van der Waals surface area contributed by atoms with Crippen molar-refractivity contribution in [3.05, 3.63) is 0 Å². The minimum Gasteiger partial charge on any atom is -0.381 e. The van der Waals surface area contributed by atoms with Crippen molar-refractivity contribution in [1.82, 2.24) is 5.32 Å². The normalized spacial score (nSPS) is 30.2. The molecule has 0 spiro atoms. The number of methoxy groups -OCH3 is 1. The van der Waals surface area contributed by atoms with Crippen LogP contribution in [0.5, 0.6) is 0 Å². The molecular weight excluding hydrogens is 174 g/mol. The predicted molar refractivity (Wildman–Crippen MR) is 60.5 cm³/mol. The van der Waals surface area contributed by atoms with E-state index >= 15 is 0 Å². The maximum absolute atomic E-state index is 5.56. The van der Waals surface area contributed by atoms with E-state index in [0.29, 0.717) is 12.1 Å². The molecule has 0 saturated heterocycles. The molecule has 84 valence electrons. The molecule has 0 aromatic rings. The predicted octanol–water partition coefficient (Wildman–Crippen LogP) is 2.58. The van der Waals surface area contributed by atoms with E-state index in [2.05, 4.69) is 19.2 Å². The van der Waals surface area contributed by atoms with Crippen molar-refractivity contribution < 1.29 is 4.74 Å². The second kappa shape index (κ2) is 6.41. The van der Waals surface area contributed by atoms with Crippen molar-refractivity contribution in [2.75, 3.05) is 13.7 Å². The summed E-state index contributed by atoms with van der Waals surface area (Å²) in [5.41, 5.74) is 0. The second-order valence-corrected chi connectivity index (χ2v) is 4.47. The van der Waals surface area contributed by atoms with E-state index in [4.69, 9.17) is 4.74 Å². The highest BCUT2D eigenvalue weighted by atomic mass is 16.5. The number of hydrogen-bond donors (Lipinski definition) is 1. The van der Waals surface area contributed by atoms with Gasteiger partial charge in [-0.05, 0) is 32.7 Å². The lowest BCUT2D eigenvalue weighted by molar-refractivity contribution is 0.0106. The second-order valence-electron chi connectivity index (χ2n) is 4.47. The quantitative estimate of drug-likeness (QED) is 0.735. The fourth-order valence-electron chi connectivity index (χ4n) is 2.51. The fraction of sp³-hybridized carbons (Fsp3) is 1.00. The van der Waals surface area contributed by atoms with Gasteiger partial charge in [0, 0.05) is 19.1 Å². The van der Waals surface area contributed by atoms with Gasteiger partial charge in [-0.1, -0.05) is 19.8 Å². The summed E-state index contributed by atoms with van der Waals surface area (Å²) in [4.78, 5) is 0. The van der Waals surface area contributed by atoms with E-state index in [-0.39, 0.29) is 0 Å². The minimum atomic E-state index is 0.489. The zero-order valence-corrected chi connectivity index (χ0v) is 9.88. The minimum absolute atomic E-state index is 0.489. The number of rotatable bonds is 5. The van der Waals surface area contributed by atoms with Crippen molar-refractivity contribution in [2.24, 2.45) is 5.92 Å². The van der Waals surface area contributed by atoms with Crippen LogP contribution < -0.4 is 5.32 Å². The zero-order chi connectivity index (χ0) is 10.4. The lowest BCUT2D eigenvalue weighted by Crippen LogP contribution is -2.42. The molecule has 3 unspecified atom stereocenters. The topological polar surface area (TPSA) is 21.3 Å². The monoisotopic (exact) mass is 199 g/mol. The molecule has 1 aliphatic carbocycles. The molecule has 0 aliphatic heterocycles. The molecule has 0 heterocycles. The standard InChI is InChI=1S/C12H25NO/c1-4-9-13-10(2)11-7-5-6-8-12(11)14-3/h10-13H,4-9H2,1-3H3. The van der Waals surface area contributed by atoms with E-state index in [9.17, 15) is 0 Å². The van der Waals surface area contributed by atoms with Crippen LogP contribution in [0.15, 0.2) is 0 Å². The van der Waals surface area contributed by atoms with Crippen LogP contribution in [0.1, 0.15) is 46.0 Å². The average Bonchev–Trinajstić information content (AvgIpc) is 2.25. The van der Waals surface area contributed by atoms with Gasteiger partial charge < -0.3 is 10.1 Å². The van der Waals surface area contributed by atoms with Crippen LogP contribution in [0.25, 0.3) is 0 Å². The molecule has 1 saturated carbocycles. The van der Waals surface area contributed by atoms with Gasteiger partial charge in [0.2, 0.25) is 0 Å². The third kappa shape index (κ3) is 3.25. The molecule has 0 bridgehead atoms. The highest BCUT2D eigenvalue weighted by molar-refractivity contribution is 4.83. The Morgan fingerprint density at radius 3 is 2.71 bits per heavy atom. The van der Waals surface area contributed by atoms with Crippen LogP contribution in [-0.2, 0) is 4.74 Å². The molecule has 2 nitrogen and oxygen atoms in total. The van der Waals surface area contributed by atoms with Crippen molar-refractivity contribution >= 4 is 0 Å². The number of ether oxygens (including phenoxy) is 1. The van der Waals surface area contributed by atoms with Crippen molar-refractivity contribution in [3.8, 4) is 0 Å². The van der Waals surface area contributed by atoms with Gasteiger partial charge in [-0.2, -0.15) is 0 Å². The first-order chi connectivity index (χ1) is 6.79. The van der Waals surface area contributed by atoms with E-state index in [1.54, 1.807) is 0 Å². The maximum Gasteiger partial charge on any atom is 0.0614 e. The Morgan fingerprint density at radius 1 is 1.36 bits per heavy atom. The van der Waals surface area contributed by atoms with Crippen LogP contribution >= 0.6 is 0 Å². The summed E-state index contributed by atoms with van der Waals surface area (Å²) in [6.45, 7) is 5.65. The third-order valence-electron chi connectivity index (χ3n) is 3.41. The van der Waals surface area contributed by atoms with Gasteiger partial charge in [-0.15, -0.1) is 0 Å². The summed E-state index contributed by atoms with van der Waals surface area (Å²) in [7, 11) is 1.86. The Balaban J connectivity index is 2.37. The summed E-state index contributed by atoms with van der Waals surface area (Å²) in [6.07, 6.45) is 7.01.